The van der Waals surface area contributed by atoms with Crippen LogP contribution in [0.1, 0.15) is 57.8 Å². The lowest BCUT2D eigenvalue weighted by Gasteiger charge is -2.20. The van der Waals surface area contributed by atoms with Crippen molar-refractivity contribution >= 4 is 11.8 Å². The molecular formula is C14H26N2O2. The molecular weight excluding hydrogens is 228 g/mol. The number of rotatable bonds is 9. The molecule has 0 aromatic rings. The van der Waals surface area contributed by atoms with Gasteiger partial charge in [0.2, 0.25) is 11.8 Å². The van der Waals surface area contributed by atoms with Crippen LogP contribution in [0.3, 0.4) is 0 Å². The molecule has 0 saturated carbocycles. The summed E-state index contributed by atoms with van der Waals surface area (Å²) < 4.78 is 0. The summed E-state index contributed by atoms with van der Waals surface area (Å²) in [5.74, 6) is -0.0898. The molecule has 1 saturated heterocycles. The molecule has 0 aromatic heterocycles. The molecule has 0 aromatic carbocycles. The Morgan fingerprint density at radius 2 is 1.78 bits per heavy atom. The Morgan fingerprint density at radius 3 is 2.44 bits per heavy atom. The van der Waals surface area contributed by atoms with Crippen LogP contribution in [0.15, 0.2) is 0 Å². The van der Waals surface area contributed by atoms with E-state index in [2.05, 4.69) is 10.6 Å². The minimum Gasteiger partial charge on any atom is -0.320 e. The maximum atomic E-state index is 11.5. The predicted molar refractivity (Wildman–Crippen MR) is 72.1 cm³/mol. The van der Waals surface area contributed by atoms with Crippen LogP contribution in [-0.4, -0.2) is 25.4 Å². The molecule has 4 nitrogen and oxygen atoms in total. The van der Waals surface area contributed by atoms with Crippen LogP contribution in [0.2, 0.25) is 0 Å². The van der Waals surface area contributed by atoms with Gasteiger partial charge >= 0.3 is 0 Å². The first-order valence-corrected chi connectivity index (χ1v) is 7.22. The largest absolute Gasteiger partial charge is 0.320 e. The van der Waals surface area contributed by atoms with Crippen LogP contribution in [0.25, 0.3) is 0 Å². The number of carbonyl (C=O) groups excluding carboxylic acids is 2. The first kappa shape index (κ1) is 15.2. The molecule has 18 heavy (non-hydrogen) atoms. The van der Waals surface area contributed by atoms with E-state index in [1.165, 1.54) is 32.1 Å². The minimum atomic E-state index is -0.110. The third-order valence-electron chi connectivity index (χ3n) is 3.58. The van der Waals surface area contributed by atoms with Gasteiger partial charge in [0.15, 0.2) is 0 Å². The van der Waals surface area contributed by atoms with Crippen molar-refractivity contribution in [1.29, 1.82) is 0 Å². The smallest absolute Gasteiger partial charge is 0.229 e. The number of amides is 2. The van der Waals surface area contributed by atoms with Crippen LogP contribution < -0.4 is 10.6 Å². The Balaban J connectivity index is 1.94. The third kappa shape index (κ3) is 6.15. The molecule has 1 aliphatic rings. The maximum absolute atomic E-state index is 11.5. The Kier molecular flexibility index (Phi) is 7.65. The predicted octanol–water partition coefficient (Wildman–Crippen LogP) is 1.99. The molecule has 1 unspecified atom stereocenters. The van der Waals surface area contributed by atoms with Gasteiger partial charge in [0.1, 0.15) is 0 Å². The van der Waals surface area contributed by atoms with Crippen LogP contribution in [0.5, 0.6) is 0 Å². The Labute approximate surface area is 110 Å². The van der Waals surface area contributed by atoms with Crippen molar-refractivity contribution in [2.24, 2.45) is 5.92 Å². The Bertz CT molecular complexity index is 267. The molecule has 0 spiro atoms. The quantitative estimate of drug-likeness (QED) is 0.488. The van der Waals surface area contributed by atoms with Crippen molar-refractivity contribution in [3.63, 3.8) is 0 Å². The standard InChI is InChI=1S/C14H26N2O2/c1-15-11-7-5-3-2-4-6-8-12-9-10-13(17)16-14(12)18/h12,15H,2-11H2,1H3,(H,16,17,18). The summed E-state index contributed by atoms with van der Waals surface area (Å²) in [5, 5.41) is 5.57. The van der Waals surface area contributed by atoms with Gasteiger partial charge in [0.25, 0.3) is 0 Å². The fourth-order valence-electron chi connectivity index (χ4n) is 2.41. The van der Waals surface area contributed by atoms with Crippen molar-refractivity contribution in [3.05, 3.63) is 0 Å². The Hall–Kier alpha value is -0.900. The Morgan fingerprint density at radius 1 is 1.11 bits per heavy atom. The molecule has 1 rings (SSSR count). The zero-order chi connectivity index (χ0) is 13.2. The molecule has 1 atom stereocenters. The highest BCUT2D eigenvalue weighted by Crippen LogP contribution is 2.19. The number of hydrogen-bond donors (Lipinski definition) is 2. The molecule has 0 radical (unpaired) electrons. The van der Waals surface area contributed by atoms with Gasteiger partial charge in [-0.05, 0) is 32.9 Å². The number of imide groups is 1. The molecule has 1 aliphatic heterocycles. The molecule has 1 heterocycles. The van der Waals surface area contributed by atoms with E-state index in [-0.39, 0.29) is 17.7 Å². The molecule has 0 bridgehead atoms. The second-order valence-corrected chi connectivity index (χ2v) is 5.16. The minimum absolute atomic E-state index is 0.0553. The summed E-state index contributed by atoms with van der Waals surface area (Å²) in [6.07, 6.45) is 9.61. The maximum Gasteiger partial charge on any atom is 0.229 e. The lowest BCUT2D eigenvalue weighted by Crippen LogP contribution is -2.40. The molecule has 2 amide bonds. The molecule has 104 valence electrons. The molecule has 1 fully saturated rings. The van der Waals surface area contributed by atoms with E-state index < -0.39 is 0 Å². The van der Waals surface area contributed by atoms with E-state index in [1.807, 2.05) is 7.05 Å². The van der Waals surface area contributed by atoms with Crippen molar-refractivity contribution < 1.29 is 9.59 Å². The van der Waals surface area contributed by atoms with Gasteiger partial charge in [0, 0.05) is 12.3 Å². The lowest BCUT2D eigenvalue weighted by atomic mass is 9.92. The van der Waals surface area contributed by atoms with Crippen LogP contribution in [-0.2, 0) is 9.59 Å². The average molecular weight is 254 g/mol. The van der Waals surface area contributed by atoms with E-state index in [1.54, 1.807) is 0 Å². The number of unbranched alkanes of at least 4 members (excludes halogenated alkanes) is 5. The van der Waals surface area contributed by atoms with Gasteiger partial charge in [-0.2, -0.15) is 0 Å². The summed E-state index contributed by atoms with van der Waals surface area (Å²) in [7, 11) is 1.99. The number of carbonyl (C=O) groups is 2. The summed E-state index contributed by atoms with van der Waals surface area (Å²) in [4.78, 5) is 22.5. The van der Waals surface area contributed by atoms with Gasteiger partial charge in [0.05, 0.1) is 0 Å². The monoisotopic (exact) mass is 254 g/mol. The second-order valence-electron chi connectivity index (χ2n) is 5.16. The van der Waals surface area contributed by atoms with Crippen molar-refractivity contribution in [3.8, 4) is 0 Å². The highest BCUT2D eigenvalue weighted by atomic mass is 16.2. The molecule has 2 N–H and O–H groups in total. The van der Waals surface area contributed by atoms with Crippen LogP contribution >= 0.6 is 0 Å². The van der Waals surface area contributed by atoms with E-state index in [0.29, 0.717) is 6.42 Å². The van der Waals surface area contributed by atoms with Gasteiger partial charge in [-0.15, -0.1) is 0 Å². The van der Waals surface area contributed by atoms with E-state index >= 15 is 0 Å². The van der Waals surface area contributed by atoms with Gasteiger partial charge < -0.3 is 5.32 Å². The van der Waals surface area contributed by atoms with E-state index in [9.17, 15) is 9.59 Å². The zero-order valence-electron chi connectivity index (χ0n) is 11.5. The van der Waals surface area contributed by atoms with E-state index in [4.69, 9.17) is 0 Å². The third-order valence-corrected chi connectivity index (χ3v) is 3.58. The van der Waals surface area contributed by atoms with Crippen LogP contribution in [0.4, 0.5) is 0 Å². The summed E-state index contributed by atoms with van der Waals surface area (Å²) in [6.45, 7) is 1.11. The number of piperidine rings is 1. The van der Waals surface area contributed by atoms with E-state index in [0.717, 1.165) is 25.8 Å². The topological polar surface area (TPSA) is 58.2 Å². The highest BCUT2D eigenvalue weighted by Gasteiger charge is 2.25. The number of nitrogens with one attached hydrogen (secondary N) is 2. The summed E-state index contributed by atoms with van der Waals surface area (Å²) in [6, 6.07) is 0. The van der Waals surface area contributed by atoms with Crippen molar-refractivity contribution in [1.82, 2.24) is 10.6 Å². The molecule has 4 heteroatoms. The normalized spacial score (nSPS) is 19.9. The summed E-state index contributed by atoms with van der Waals surface area (Å²) >= 11 is 0. The second kappa shape index (κ2) is 9.09. The summed E-state index contributed by atoms with van der Waals surface area (Å²) in [5.41, 5.74) is 0. The van der Waals surface area contributed by atoms with Crippen molar-refractivity contribution in [2.75, 3.05) is 13.6 Å². The van der Waals surface area contributed by atoms with Gasteiger partial charge in [-0.3, -0.25) is 14.9 Å². The first-order chi connectivity index (χ1) is 8.74. The fraction of sp³-hybridized carbons (Fsp3) is 0.857. The lowest BCUT2D eigenvalue weighted by molar-refractivity contribution is -0.136. The SMILES string of the molecule is CNCCCCCCCCC1CCC(=O)NC1=O. The fourth-order valence-corrected chi connectivity index (χ4v) is 2.41. The van der Waals surface area contributed by atoms with Gasteiger partial charge in [-0.25, -0.2) is 0 Å². The highest BCUT2D eigenvalue weighted by molar-refractivity contribution is 5.98. The zero-order valence-corrected chi connectivity index (χ0v) is 11.5. The number of hydrogen-bond acceptors (Lipinski definition) is 3. The average Bonchev–Trinajstić information content (AvgIpc) is 2.35. The first-order valence-electron chi connectivity index (χ1n) is 7.22. The van der Waals surface area contributed by atoms with Crippen LogP contribution in [0, 0.1) is 5.92 Å². The molecule has 0 aliphatic carbocycles. The van der Waals surface area contributed by atoms with Gasteiger partial charge in [-0.1, -0.05) is 32.1 Å². The van der Waals surface area contributed by atoms with Crippen molar-refractivity contribution in [2.45, 2.75) is 57.8 Å².